The van der Waals surface area contributed by atoms with E-state index in [0.717, 1.165) is 11.8 Å². The average molecular weight is 268 g/mol. The highest BCUT2D eigenvalue weighted by atomic mass is 35.5. The van der Waals surface area contributed by atoms with Crippen molar-refractivity contribution in [2.24, 2.45) is 0 Å². The Morgan fingerprint density at radius 1 is 1.39 bits per heavy atom. The molecule has 1 saturated heterocycles. The first-order valence-corrected chi connectivity index (χ1v) is 6.15. The molecule has 5 heteroatoms. The molecule has 1 amide bonds. The van der Waals surface area contributed by atoms with Gasteiger partial charge in [0.05, 0.1) is 5.41 Å². The van der Waals surface area contributed by atoms with E-state index >= 15 is 0 Å². The van der Waals surface area contributed by atoms with E-state index in [4.69, 9.17) is 16.7 Å². The summed E-state index contributed by atoms with van der Waals surface area (Å²) in [5.41, 5.74) is 0.270. The van der Waals surface area contributed by atoms with Gasteiger partial charge in [-0.1, -0.05) is 23.7 Å². The molecule has 0 radical (unpaired) electrons. The minimum atomic E-state index is -0.930. The summed E-state index contributed by atoms with van der Waals surface area (Å²) in [5.74, 6) is 0. The van der Waals surface area contributed by atoms with Crippen molar-refractivity contribution in [2.75, 3.05) is 13.1 Å². The van der Waals surface area contributed by atoms with Crippen molar-refractivity contribution in [1.82, 2.24) is 4.90 Å². The van der Waals surface area contributed by atoms with Gasteiger partial charge in [0.2, 0.25) is 0 Å². The number of likely N-dealkylation sites (tertiary alicyclic amines) is 1. The van der Waals surface area contributed by atoms with Crippen molar-refractivity contribution >= 4 is 24.0 Å². The van der Waals surface area contributed by atoms with Crippen molar-refractivity contribution in [3.8, 4) is 0 Å². The first-order chi connectivity index (χ1) is 8.57. The van der Waals surface area contributed by atoms with Crippen LogP contribution in [0.25, 0.3) is 0 Å². The number of carbonyl (C=O) groups is 2. The number of hydrogen-bond acceptors (Lipinski definition) is 2. The van der Waals surface area contributed by atoms with Crippen LogP contribution in [-0.4, -0.2) is 35.5 Å². The number of halogens is 1. The van der Waals surface area contributed by atoms with E-state index < -0.39 is 11.5 Å². The fourth-order valence-corrected chi connectivity index (χ4v) is 2.56. The molecule has 1 fully saturated rings. The lowest BCUT2D eigenvalue weighted by Crippen LogP contribution is -2.45. The van der Waals surface area contributed by atoms with Crippen LogP contribution in [0.15, 0.2) is 24.3 Å². The average Bonchev–Trinajstić information content (AvgIpc) is 2.38. The molecule has 0 saturated carbocycles. The van der Waals surface area contributed by atoms with E-state index in [1.165, 1.54) is 4.90 Å². The molecule has 1 N–H and O–H groups in total. The molecule has 0 unspecified atom stereocenters. The molecule has 1 heterocycles. The van der Waals surface area contributed by atoms with Crippen LogP contribution < -0.4 is 0 Å². The van der Waals surface area contributed by atoms with Crippen LogP contribution in [0.4, 0.5) is 4.79 Å². The molecule has 1 aromatic rings. The maximum absolute atomic E-state index is 11.5. The van der Waals surface area contributed by atoms with E-state index in [0.29, 0.717) is 31.0 Å². The summed E-state index contributed by atoms with van der Waals surface area (Å²) in [7, 11) is 0. The third kappa shape index (κ3) is 2.34. The molecule has 4 nitrogen and oxygen atoms in total. The molecule has 1 aliphatic rings. The molecule has 18 heavy (non-hydrogen) atoms. The van der Waals surface area contributed by atoms with Crippen LogP contribution in [0.3, 0.4) is 0 Å². The Kier molecular flexibility index (Phi) is 3.57. The van der Waals surface area contributed by atoms with Crippen LogP contribution in [0.1, 0.15) is 18.4 Å². The van der Waals surface area contributed by atoms with Crippen LogP contribution in [-0.2, 0) is 10.2 Å². The van der Waals surface area contributed by atoms with Gasteiger partial charge in [-0.2, -0.15) is 0 Å². The minimum Gasteiger partial charge on any atom is -0.465 e. The molecule has 1 aromatic carbocycles. The van der Waals surface area contributed by atoms with Crippen molar-refractivity contribution < 1.29 is 14.7 Å². The number of piperidine rings is 1. The quantitative estimate of drug-likeness (QED) is 0.838. The number of rotatable bonds is 2. The van der Waals surface area contributed by atoms with Gasteiger partial charge in [-0.25, -0.2) is 4.79 Å². The van der Waals surface area contributed by atoms with Gasteiger partial charge >= 0.3 is 6.09 Å². The van der Waals surface area contributed by atoms with Crippen LogP contribution in [0.2, 0.25) is 5.02 Å². The fraction of sp³-hybridized carbons (Fsp3) is 0.385. The van der Waals surface area contributed by atoms with Gasteiger partial charge in [0.15, 0.2) is 0 Å². The van der Waals surface area contributed by atoms with E-state index in [9.17, 15) is 9.59 Å². The SMILES string of the molecule is O=CC1(c2cccc(Cl)c2)CCN(C(=O)O)CC1. The van der Waals surface area contributed by atoms with Crippen molar-refractivity contribution in [3.63, 3.8) is 0 Å². The molecular weight excluding hydrogens is 254 g/mol. The molecule has 2 rings (SSSR count). The second-order valence-corrected chi connectivity index (χ2v) is 4.99. The number of hydrogen-bond donors (Lipinski definition) is 1. The van der Waals surface area contributed by atoms with Gasteiger partial charge in [0.25, 0.3) is 0 Å². The zero-order chi connectivity index (χ0) is 13.2. The van der Waals surface area contributed by atoms with Gasteiger partial charge in [-0.3, -0.25) is 0 Å². The van der Waals surface area contributed by atoms with Crippen molar-refractivity contribution in [1.29, 1.82) is 0 Å². The zero-order valence-corrected chi connectivity index (χ0v) is 10.6. The maximum Gasteiger partial charge on any atom is 0.407 e. The van der Waals surface area contributed by atoms with Gasteiger partial charge in [-0.05, 0) is 30.5 Å². The number of nitrogens with zero attached hydrogens (tertiary/aromatic N) is 1. The molecule has 0 aliphatic carbocycles. The predicted molar refractivity (Wildman–Crippen MR) is 68.0 cm³/mol. The highest BCUT2D eigenvalue weighted by molar-refractivity contribution is 6.30. The van der Waals surface area contributed by atoms with Crippen molar-refractivity contribution in [3.05, 3.63) is 34.9 Å². The maximum atomic E-state index is 11.5. The third-order valence-electron chi connectivity index (χ3n) is 3.55. The van der Waals surface area contributed by atoms with Crippen LogP contribution in [0, 0.1) is 0 Å². The van der Waals surface area contributed by atoms with Gasteiger partial charge in [0.1, 0.15) is 6.29 Å². The van der Waals surface area contributed by atoms with Crippen molar-refractivity contribution in [2.45, 2.75) is 18.3 Å². The molecule has 0 atom stereocenters. The first-order valence-electron chi connectivity index (χ1n) is 5.78. The Labute approximate surface area is 110 Å². The summed E-state index contributed by atoms with van der Waals surface area (Å²) < 4.78 is 0. The number of amides is 1. The monoisotopic (exact) mass is 267 g/mol. The minimum absolute atomic E-state index is 0.376. The third-order valence-corrected chi connectivity index (χ3v) is 3.79. The molecule has 0 bridgehead atoms. The fourth-order valence-electron chi connectivity index (χ4n) is 2.37. The normalized spacial score (nSPS) is 18.4. The first kappa shape index (κ1) is 12.9. The predicted octanol–water partition coefficient (Wildman–Crippen LogP) is 2.55. The van der Waals surface area contributed by atoms with Gasteiger partial charge < -0.3 is 14.8 Å². The Morgan fingerprint density at radius 3 is 2.56 bits per heavy atom. The number of aldehydes is 1. The Balaban J connectivity index is 2.24. The molecular formula is C13H14ClNO3. The largest absolute Gasteiger partial charge is 0.465 e. The number of carboxylic acid groups (broad SMARTS) is 1. The standard InChI is InChI=1S/C13H14ClNO3/c14-11-3-1-2-10(8-11)13(9-16)4-6-15(7-5-13)12(17)18/h1-3,8-9H,4-7H2,(H,17,18). The number of benzene rings is 1. The summed E-state index contributed by atoms with van der Waals surface area (Å²) in [4.78, 5) is 23.7. The molecule has 96 valence electrons. The van der Waals surface area contributed by atoms with E-state index in [1.54, 1.807) is 12.1 Å². The lowest BCUT2D eigenvalue weighted by molar-refractivity contribution is -0.114. The second-order valence-electron chi connectivity index (χ2n) is 4.55. The van der Waals surface area contributed by atoms with Crippen LogP contribution >= 0.6 is 11.6 Å². The van der Waals surface area contributed by atoms with E-state index in [2.05, 4.69) is 0 Å². The zero-order valence-electron chi connectivity index (χ0n) is 9.80. The van der Waals surface area contributed by atoms with Gasteiger partial charge in [-0.15, -0.1) is 0 Å². The molecule has 0 spiro atoms. The molecule has 1 aliphatic heterocycles. The Morgan fingerprint density at radius 2 is 2.06 bits per heavy atom. The van der Waals surface area contributed by atoms with E-state index in [-0.39, 0.29) is 0 Å². The summed E-state index contributed by atoms with van der Waals surface area (Å²) in [6, 6.07) is 7.23. The second kappa shape index (κ2) is 4.98. The summed E-state index contributed by atoms with van der Waals surface area (Å²) >= 11 is 5.94. The topological polar surface area (TPSA) is 57.6 Å². The lowest BCUT2D eigenvalue weighted by atomic mass is 9.74. The van der Waals surface area contributed by atoms with Gasteiger partial charge in [0, 0.05) is 18.1 Å². The van der Waals surface area contributed by atoms with E-state index in [1.807, 2.05) is 12.1 Å². The lowest BCUT2D eigenvalue weighted by Gasteiger charge is -2.37. The Hall–Kier alpha value is -1.55. The Bertz CT molecular complexity index is 467. The molecule has 0 aromatic heterocycles. The summed E-state index contributed by atoms with van der Waals surface area (Å²) in [6.45, 7) is 0.751. The summed E-state index contributed by atoms with van der Waals surface area (Å²) in [6.07, 6.45) is 1.00. The highest BCUT2D eigenvalue weighted by Crippen LogP contribution is 2.34. The smallest absolute Gasteiger partial charge is 0.407 e. The number of carbonyl (C=O) groups excluding carboxylic acids is 1. The van der Waals surface area contributed by atoms with Crippen LogP contribution in [0.5, 0.6) is 0 Å². The summed E-state index contributed by atoms with van der Waals surface area (Å²) in [5, 5.41) is 9.50. The highest BCUT2D eigenvalue weighted by Gasteiger charge is 2.37.